The van der Waals surface area contributed by atoms with E-state index in [9.17, 15) is 19.1 Å². The van der Waals surface area contributed by atoms with Crippen LogP contribution < -0.4 is 4.74 Å². The number of likely N-dealkylation sites (N-methyl/N-ethyl adjacent to an activating group) is 1. The van der Waals surface area contributed by atoms with Crippen molar-refractivity contribution in [3.63, 3.8) is 0 Å². The highest BCUT2D eigenvalue weighted by Crippen LogP contribution is 2.40. The Labute approximate surface area is 187 Å². The molecule has 1 aliphatic rings. The van der Waals surface area contributed by atoms with Gasteiger partial charge in [0.2, 0.25) is 0 Å². The number of ketones is 1. The zero-order chi connectivity index (χ0) is 23.3. The number of carbonyl (C=O) groups excluding carboxylic acids is 2. The van der Waals surface area contributed by atoms with E-state index in [1.54, 1.807) is 12.1 Å². The van der Waals surface area contributed by atoms with E-state index in [4.69, 9.17) is 4.74 Å². The molecule has 0 bridgehead atoms. The summed E-state index contributed by atoms with van der Waals surface area (Å²) in [6.07, 6.45) is 1.91. The standard InChI is InChI=1S/C25H29FN2O4/c1-4-5-15-32-20-8-6-7-18(16-20)22-21(23(29)17-9-11-19(26)12-10-17)24(30)25(31)28(22)14-13-27(2)3/h6-12,16,22,29H,4-5,13-15H2,1-3H3. The first-order valence-electron chi connectivity index (χ1n) is 10.7. The summed E-state index contributed by atoms with van der Waals surface area (Å²) in [5.41, 5.74) is 0.934. The molecule has 2 aromatic carbocycles. The van der Waals surface area contributed by atoms with Crippen molar-refractivity contribution in [3.05, 3.63) is 71.0 Å². The number of benzene rings is 2. The molecule has 2 aromatic rings. The predicted molar refractivity (Wildman–Crippen MR) is 121 cm³/mol. The minimum Gasteiger partial charge on any atom is -0.507 e. The zero-order valence-electron chi connectivity index (χ0n) is 18.7. The number of halogens is 1. The van der Waals surface area contributed by atoms with Gasteiger partial charge in [-0.15, -0.1) is 0 Å². The summed E-state index contributed by atoms with van der Waals surface area (Å²) in [7, 11) is 3.76. The van der Waals surface area contributed by atoms with Gasteiger partial charge < -0.3 is 19.6 Å². The number of likely N-dealkylation sites (tertiary alicyclic amines) is 1. The number of unbranched alkanes of at least 4 members (excludes halogenated alkanes) is 1. The number of aliphatic hydroxyl groups excluding tert-OH is 1. The molecule has 0 spiro atoms. The maximum Gasteiger partial charge on any atom is 0.295 e. The Morgan fingerprint density at radius 2 is 1.88 bits per heavy atom. The lowest BCUT2D eigenvalue weighted by Gasteiger charge is -2.27. The van der Waals surface area contributed by atoms with Crippen LogP contribution in [0.3, 0.4) is 0 Å². The highest BCUT2D eigenvalue weighted by atomic mass is 19.1. The molecule has 1 N–H and O–H groups in total. The normalized spacial score (nSPS) is 17.9. The number of nitrogens with zero attached hydrogens (tertiary/aromatic N) is 2. The SMILES string of the molecule is CCCCOc1cccc(C2C(=C(O)c3ccc(F)cc3)C(=O)C(=O)N2CCN(C)C)c1. The summed E-state index contributed by atoms with van der Waals surface area (Å²) in [5.74, 6) is -1.57. The van der Waals surface area contributed by atoms with E-state index in [0.29, 0.717) is 31.0 Å². The van der Waals surface area contributed by atoms with Gasteiger partial charge in [-0.25, -0.2) is 4.39 Å². The molecule has 1 amide bonds. The summed E-state index contributed by atoms with van der Waals surface area (Å²) in [5, 5.41) is 11.0. The number of ether oxygens (including phenoxy) is 1. The summed E-state index contributed by atoms with van der Waals surface area (Å²) in [6, 6.07) is 11.7. The second kappa shape index (κ2) is 10.4. The monoisotopic (exact) mass is 440 g/mol. The van der Waals surface area contributed by atoms with Gasteiger partial charge in [0, 0.05) is 18.7 Å². The molecule has 1 heterocycles. The topological polar surface area (TPSA) is 70.1 Å². The predicted octanol–water partition coefficient (Wildman–Crippen LogP) is 3.99. The van der Waals surface area contributed by atoms with Gasteiger partial charge in [-0.2, -0.15) is 0 Å². The maximum absolute atomic E-state index is 13.4. The molecule has 3 rings (SSSR count). The van der Waals surface area contributed by atoms with E-state index in [2.05, 4.69) is 6.92 Å². The molecule has 0 aliphatic carbocycles. The van der Waals surface area contributed by atoms with Gasteiger partial charge in [-0.1, -0.05) is 25.5 Å². The fourth-order valence-electron chi connectivity index (χ4n) is 3.64. The fourth-order valence-corrected chi connectivity index (χ4v) is 3.64. The van der Waals surface area contributed by atoms with Crippen LogP contribution in [0.2, 0.25) is 0 Å². The van der Waals surface area contributed by atoms with Gasteiger partial charge in [-0.3, -0.25) is 9.59 Å². The summed E-state index contributed by atoms with van der Waals surface area (Å²) in [4.78, 5) is 29.3. The molecule has 1 fully saturated rings. The molecular formula is C25H29FN2O4. The second-order valence-electron chi connectivity index (χ2n) is 8.08. The van der Waals surface area contributed by atoms with Crippen molar-refractivity contribution < 1.29 is 23.8 Å². The van der Waals surface area contributed by atoms with Crippen molar-refractivity contribution in [2.75, 3.05) is 33.8 Å². The van der Waals surface area contributed by atoms with E-state index < -0.39 is 23.5 Å². The third kappa shape index (κ3) is 5.16. The molecular weight excluding hydrogens is 411 g/mol. The molecule has 170 valence electrons. The van der Waals surface area contributed by atoms with Gasteiger partial charge in [-0.05, 0) is 62.5 Å². The van der Waals surface area contributed by atoms with Crippen molar-refractivity contribution in [3.8, 4) is 5.75 Å². The van der Waals surface area contributed by atoms with E-state index in [1.807, 2.05) is 31.1 Å². The first kappa shape index (κ1) is 23.5. The Balaban J connectivity index is 2.07. The zero-order valence-corrected chi connectivity index (χ0v) is 18.7. The minimum absolute atomic E-state index is 0.00827. The summed E-state index contributed by atoms with van der Waals surface area (Å²) in [6.45, 7) is 3.50. The Morgan fingerprint density at radius 1 is 1.16 bits per heavy atom. The molecule has 32 heavy (non-hydrogen) atoms. The highest BCUT2D eigenvalue weighted by molar-refractivity contribution is 6.46. The van der Waals surface area contributed by atoms with Gasteiger partial charge in [0.25, 0.3) is 11.7 Å². The number of Topliss-reactive ketones (excluding diaryl/α,β-unsaturated/α-hetero) is 1. The first-order chi connectivity index (χ1) is 15.3. The van der Waals surface area contributed by atoms with Crippen LogP contribution in [0.4, 0.5) is 4.39 Å². The van der Waals surface area contributed by atoms with E-state index >= 15 is 0 Å². The average Bonchev–Trinajstić information content (AvgIpc) is 3.03. The van der Waals surface area contributed by atoms with Crippen LogP contribution >= 0.6 is 0 Å². The maximum atomic E-state index is 13.4. The van der Waals surface area contributed by atoms with E-state index in [-0.39, 0.29) is 16.9 Å². The molecule has 6 nitrogen and oxygen atoms in total. The molecule has 0 radical (unpaired) electrons. The number of carbonyl (C=O) groups is 2. The number of amides is 1. The fraction of sp³-hybridized carbons (Fsp3) is 0.360. The number of rotatable bonds is 9. The first-order valence-corrected chi connectivity index (χ1v) is 10.7. The summed E-state index contributed by atoms with van der Waals surface area (Å²) < 4.78 is 19.2. The van der Waals surface area contributed by atoms with Crippen molar-refractivity contribution in [2.45, 2.75) is 25.8 Å². The summed E-state index contributed by atoms with van der Waals surface area (Å²) >= 11 is 0. The van der Waals surface area contributed by atoms with E-state index in [0.717, 1.165) is 12.8 Å². The van der Waals surface area contributed by atoms with E-state index in [1.165, 1.54) is 29.2 Å². The van der Waals surface area contributed by atoms with Gasteiger partial charge >= 0.3 is 0 Å². The molecule has 1 unspecified atom stereocenters. The van der Waals surface area contributed by atoms with Crippen LogP contribution in [0, 0.1) is 5.82 Å². The lowest BCUT2D eigenvalue weighted by Crippen LogP contribution is -2.35. The quantitative estimate of drug-likeness (QED) is 0.276. The van der Waals surface area contributed by atoms with Crippen molar-refractivity contribution >= 4 is 17.4 Å². The van der Waals surface area contributed by atoms with Crippen molar-refractivity contribution in [1.29, 1.82) is 0 Å². The average molecular weight is 441 g/mol. The Hall–Kier alpha value is -3.19. The van der Waals surface area contributed by atoms with Crippen LogP contribution in [-0.2, 0) is 9.59 Å². The number of aliphatic hydroxyl groups is 1. The Bertz CT molecular complexity index is 1000. The third-order valence-electron chi connectivity index (χ3n) is 5.39. The highest BCUT2D eigenvalue weighted by Gasteiger charge is 2.46. The number of hydrogen-bond donors (Lipinski definition) is 1. The second-order valence-corrected chi connectivity index (χ2v) is 8.08. The molecule has 1 aliphatic heterocycles. The molecule has 1 atom stereocenters. The lowest BCUT2D eigenvalue weighted by atomic mass is 9.95. The van der Waals surface area contributed by atoms with Gasteiger partial charge in [0.05, 0.1) is 18.2 Å². The van der Waals surface area contributed by atoms with Gasteiger partial charge in [0.15, 0.2) is 0 Å². The third-order valence-corrected chi connectivity index (χ3v) is 5.39. The largest absolute Gasteiger partial charge is 0.507 e. The molecule has 7 heteroatoms. The smallest absolute Gasteiger partial charge is 0.295 e. The van der Waals surface area contributed by atoms with Crippen LogP contribution in [0.5, 0.6) is 5.75 Å². The van der Waals surface area contributed by atoms with Crippen LogP contribution in [0.15, 0.2) is 54.1 Å². The lowest BCUT2D eigenvalue weighted by molar-refractivity contribution is -0.140. The van der Waals surface area contributed by atoms with Crippen LogP contribution in [-0.4, -0.2) is 60.4 Å². The van der Waals surface area contributed by atoms with Crippen molar-refractivity contribution in [1.82, 2.24) is 9.80 Å². The van der Waals surface area contributed by atoms with Gasteiger partial charge in [0.1, 0.15) is 17.3 Å². The van der Waals surface area contributed by atoms with Crippen LogP contribution in [0.25, 0.3) is 5.76 Å². The Morgan fingerprint density at radius 3 is 2.53 bits per heavy atom. The van der Waals surface area contributed by atoms with Crippen molar-refractivity contribution in [2.24, 2.45) is 0 Å². The molecule has 0 aromatic heterocycles. The molecule has 0 saturated carbocycles. The minimum atomic E-state index is -0.769. The Kier molecular flexibility index (Phi) is 7.64. The number of hydrogen-bond acceptors (Lipinski definition) is 5. The molecule has 1 saturated heterocycles. The van der Waals surface area contributed by atoms with Crippen LogP contribution in [0.1, 0.15) is 36.9 Å².